The average molecular weight is 364 g/mol. The van der Waals surface area contributed by atoms with E-state index < -0.39 is 0 Å². The topological polar surface area (TPSA) is 36.7 Å². The molecule has 142 valence electrons. The smallest absolute Gasteiger partial charge is 0.230 e. The van der Waals surface area contributed by atoms with E-state index in [0.717, 1.165) is 48.7 Å². The van der Waals surface area contributed by atoms with Crippen LogP contribution >= 0.6 is 0 Å². The van der Waals surface area contributed by atoms with E-state index in [4.69, 9.17) is 9.98 Å². The third-order valence-corrected chi connectivity index (χ3v) is 4.91. The van der Waals surface area contributed by atoms with E-state index in [1.165, 1.54) is 5.69 Å². The Morgan fingerprint density at radius 2 is 1.70 bits per heavy atom. The van der Waals surface area contributed by atoms with Gasteiger partial charge < -0.3 is 14.4 Å². The van der Waals surface area contributed by atoms with Crippen molar-refractivity contribution in [2.75, 3.05) is 38.6 Å². The highest BCUT2D eigenvalue weighted by Gasteiger charge is 2.10. The third-order valence-electron chi connectivity index (χ3n) is 4.91. The number of benzene rings is 2. The molecular weight excluding hydrogens is 334 g/mol. The molecule has 0 spiro atoms. The number of imidazole rings is 1. The molecule has 3 rings (SSSR count). The van der Waals surface area contributed by atoms with Crippen LogP contribution in [0.15, 0.2) is 53.5 Å². The molecule has 0 aliphatic heterocycles. The van der Waals surface area contributed by atoms with Crippen LogP contribution < -0.4 is 4.90 Å². The molecule has 2 aromatic carbocycles. The van der Waals surface area contributed by atoms with Gasteiger partial charge in [-0.2, -0.15) is 0 Å². The zero-order valence-electron chi connectivity index (χ0n) is 16.8. The van der Waals surface area contributed by atoms with Crippen molar-refractivity contribution in [3.8, 4) is 0 Å². The molecule has 5 heteroatoms. The lowest BCUT2D eigenvalue weighted by Crippen LogP contribution is -2.26. The summed E-state index contributed by atoms with van der Waals surface area (Å²) in [6, 6.07) is 16.6. The Labute approximate surface area is 162 Å². The molecule has 3 aromatic rings. The number of hydrogen-bond acceptors (Lipinski definition) is 4. The van der Waals surface area contributed by atoms with Gasteiger partial charge in [0.25, 0.3) is 0 Å². The predicted molar refractivity (Wildman–Crippen MR) is 116 cm³/mol. The number of aromatic nitrogens is 2. The van der Waals surface area contributed by atoms with Crippen molar-refractivity contribution in [2.24, 2.45) is 4.99 Å². The molecule has 0 fully saturated rings. The zero-order valence-corrected chi connectivity index (χ0v) is 16.8. The highest BCUT2D eigenvalue weighted by molar-refractivity contribution is 5.84. The van der Waals surface area contributed by atoms with Gasteiger partial charge in [-0.3, -0.25) is 0 Å². The number of nitrogens with zero attached hydrogens (tertiary/aromatic N) is 5. The van der Waals surface area contributed by atoms with Crippen LogP contribution in [-0.2, 0) is 6.54 Å². The van der Waals surface area contributed by atoms with Gasteiger partial charge >= 0.3 is 0 Å². The van der Waals surface area contributed by atoms with Crippen LogP contribution in [0, 0.1) is 0 Å². The number of likely N-dealkylation sites (N-methyl/N-ethyl adjacent to an activating group) is 1. The Balaban J connectivity index is 1.87. The lowest BCUT2D eigenvalue weighted by Gasteiger charge is -2.18. The fraction of sp³-hybridized carbons (Fsp3) is 0.364. The van der Waals surface area contributed by atoms with Crippen LogP contribution in [0.5, 0.6) is 0 Å². The maximum Gasteiger partial charge on any atom is 0.230 e. The molecule has 0 N–H and O–H groups in total. The molecule has 1 aromatic heterocycles. The third kappa shape index (κ3) is 4.55. The second-order valence-electron chi connectivity index (χ2n) is 6.82. The molecule has 0 aliphatic rings. The van der Waals surface area contributed by atoms with Crippen LogP contribution in [0.4, 0.5) is 11.6 Å². The van der Waals surface area contributed by atoms with Gasteiger partial charge in [-0.05, 0) is 42.9 Å². The van der Waals surface area contributed by atoms with Crippen molar-refractivity contribution in [2.45, 2.75) is 20.4 Å². The minimum atomic E-state index is 0.764. The Kier molecular flexibility index (Phi) is 6.24. The SMILES string of the molecule is CCN(CC)CCn1c(/N=C\c2ccc(N(C)C)cc2)nc2ccccc21. The summed E-state index contributed by atoms with van der Waals surface area (Å²) in [7, 11) is 4.09. The number of hydrogen-bond donors (Lipinski definition) is 0. The monoisotopic (exact) mass is 363 g/mol. The summed E-state index contributed by atoms with van der Waals surface area (Å²) in [4.78, 5) is 14.0. The van der Waals surface area contributed by atoms with Crippen molar-refractivity contribution in [3.05, 3.63) is 54.1 Å². The molecule has 0 unspecified atom stereocenters. The minimum Gasteiger partial charge on any atom is -0.378 e. The van der Waals surface area contributed by atoms with Crippen molar-refractivity contribution in [1.82, 2.24) is 14.5 Å². The highest BCUT2D eigenvalue weighted by atomic mass is 15.2. The van der Waals surface area contributed by atoms with E-state index in [0.29, 0.717) is 0 Å². The van der Waals surface area contributed by atoms with Gasteiger partial charge in [0, 0.05) is 39.1 Å². The second kappa shape index (κ2) is 8.82. The van der Waals surface area contributed by atoms with E-state index in [1.807, 2.05) is 32.4 Å². The molecule has 0 saturated heterocycles. The fourth-order valence-corrected chi connectivity index (χ4v) is 3.15. The molecule has 0 saturated carbocycles. The molecule has 0 bridgehead atoms. The van der Waals surface area contributed by atoms with Crippen LogP contribution in [0.3, 0.4) is 0 Å². The van der Waals surface area contributed by atoms with Crippen LogP contribution in [0.25, 0.3) is 11.0 Å². The maximum absolute atomic E-state index is 4.74. The van der Waals surface area contributed by atoms with Gasteiger partial charge in [-0.15, -0.1) is 0 Å². The van der Waals surface area contributed by atoms with E-state index in [-0.39, 0.29) is 0 Å². The lowest BCUT2D eigenvalue weighted by molar-refractivity contribution is 0.292. The van der Waals surface area contributed by atoms with Gasteiger partial charge in [0.15, 0.2) is 0 Å². The largest absolute Gasteiger partial charge is 0.378 e. The molecule has 1 heterocycles. The first-order chi connectivity index (χ1) is 13.1. The molecule has 5 nitrogen and oxygen atoms in total. The molecule has 27 heavy (non-hydrogen) atoms. The van der Waals surface area contributed by atoms with Crippen molar-refractivity contribution in [3.63, 3.8) is 0 Å². The first kappa shape index (κ1) is 19.1. The molecule has 0 amide bonds. The summed E-state index contributed by atoms with van der Waals surface area (Å²) in [5.74, 6) is 0.764. The van der Waals surface area contributed by atoms with E-state index in [2.05, 4.69) is 64.6 Å². The van der Waals surface area contributed by atoms with Crippen molar-refractivity contribution >= 4 is 28.9 Å². The van der Waals surface area contributed by atoms with E-state index in [9.17, 15) is 0 Å². The number of rotatable bonds is 8. The summed E-state index contributed by atoms with van der Waals surface area (Å²) in [6.45, 7) is 8.39. The van der Waals surface area contributed by atoms with Gasteiger partial charge in [-0.1, -0.05) is 38.1 Å². The zero-order chi connectivity index (χ0) is 19.2. The van der Waals surface area contributed by atoms with Gasteiger partial charge in [0.2, 0.25) is 5.95 Å². The van der Waals surface area contributed by atoms with Crippen molar-refractivity contribution < 1.29 is 0 Å². The van der Waals surface area contributed by atoms with Crippen LogP contribution in [-0.4, -0.2) is 54.4 Å². The quantitative estimate of drug-likeness (QED) is 0.563. The van der Waals surface area contributed by atoms with Gasteiger partial charge in [-0.25, -0.2) is 9.98 Å². The standard InChI is InChI=1S/C22H29N5/c1-5-26(6-2)15-16-27-21-10-8-7-9-20(21)24-22(27)23-17-18-11-13-19(14-12-18)25(3)4/h7-14,17H,5-6,15-16H2,1-4H3/b23-17-. The number of anilines is 1. The molecular formula is C22H29N5. The van der Waals surface area contributed by atoms with Crippen LogP contribution in [0.2, 0.25) is 0 Å². The average Bonchev–Trinajstić information content (AvgIpc) is 3.05. The summed E-state index contributed by atoms with van der Waals surface area (Å²) < 4.78 is 2.22. The number of aliphatic imine (C=N–C) groups is 1. The van der Waals surface area contributed by atoms with Gasteiger partial charge in [0.05, 0.1) is 11.0 Å². The normalized spacial score (nSPS) is 11.7. The first-order valence-electron chi connectivity index (χ1n) is 9.61. The summed E-state index contributed by atoms with van der Waals surface area (Å²) in [5, 5.41) is 0. The Bertz CT molecular complexity index is 889. The molecule has 0 atom stereocenters. The Morgan fingerprint density at radius 1 is 1.00 bits per heavy atom. The Hall–Kier alpha value is -2.66. The maximum atomic E-state index is 4.74. The summed E-state index contributed by atoms with van der Waals surface area (Å²) >= 11 is 0. The van der Waals surface area contributed by atoms with Gasteiger partial charge in [0.1, 0.15) is 0 Å². The Morgan fingerprint density at radius 3 is 2.37 bits per heavy atom. The molecule has 0 radical (unpaired) electrons. The lowest BCUT2D eigenvalue weighted by atomic mass is 10.2. The van der Waals surface area contributed by atoms with E-state index in [1.54, 1.807) is 0 Å². The summed E-state index contributed by atoms with van der Waals surface area (Å²) in [6.07, 6.45) is 1.90. The molecule has 0 aliphatic carbocycles. The van der Waals surface area contributed by atoms with E-state index >= 15 is 0 Å². The first-order valence-corrected chi connectivity index (χ1v) is 9.61. The minimum absolute atomic E-state index is 0.764. The fourth-order valence-electron chi connectivity index (χ4n) is 3.15. The van der Waals surface area contributed by atoms with Crippen molar-refractivity contribution in [1.29, 1.82) is 0 Å². The highest BCUT2D eigenvalue weighted by Crippen LogP contribution is 2.22. The number of fused-ring (bicyclic) bond motifs is 1. The predicted octanol–water partition coefficient (Wildman–Crippen LogP) is 4.19. The second-order valence-corrected chi connectivity index (χ2v) is 6.82. The number of para-hydroxylation sites is 2. The summed E-state index contributed by atoms with van der Waals surface area (Å²) in [5.41, 5.74) is 4.38. The van der Waals surface area contributed by atoms with Crippen LogP contribution in [0.1, 0.15) is 19.4 Å².